The highest BCUT2D eigenvalue weighted by atomic mass is 32.2. The van der Waals surface area contributed by atoms with E-state index in [0.717, 1.165) is 6.07 Å². The number of aromatic nitrogens is 2. The van der Waals surface area contributed by atoms with Crippen molar-refractivity contribution in [2.24, 2.45) is 0 Å². The first-order valence-corrected chi connectivity index (χ1v) is 8.20. The number of nitrogens with zero attached hydrogens (tertiary/aromatic N) is 3. The molecule has 1 atom stereocenters. The van der Waals surface area contributed by atoms with Gasteiger partial charge in [0.15, 0.2) is 0 Å². The lowest BCUT2D eigenvalue weighted by Gasteiger charge is -2.17. The van der Waals surface area contributed by atoms with Gasteiger partial charge in [0, 0.05) is 18.8 Å². The van der Waals surface area contributed by atoms with Crippen LogP contribution in [0.5, 0.6) is 5.88 Å². The van der Waals surface area contributed by atoms with E-state index in [9.17, 15) is 12.8 Å². The molecule has 2 aromatic rings. The van der Waals surface area contributed by atoms with Gasteiger partial charge in [-0.05, 0) is 24.6 Å². The van der Waals surface area contributed by atoms with Crippen LogP contribution in [0.2, 0.25) is 0 Å². The largest absolute Gasteiger partial charge is 0.472 e. The van der Waals surface area contributed by atoms with Crippen LogP contribution in [0.4, 0.5) is 4.39 Å². The zero-order chi connectivity index (χ0) is 15.6. The number of rotatable bonds is 4. The van der Waals surface area contributed by atoms with Gasteiger partial charge < -0.3 is 4.74 Å². The Morgan fingerprint density at radius 3 is 2.77 bits per heavy atom. The molecule has 1 aliphatic rings. The summed E-state index contributed by atoms with van der Waals surface area (Å²) in [4.78, 5) is -0.310. The molecule has 1 saturated heterocycles. The topological polar surface area (TPSA) is 72.4 Å². The molecule has 1 aliphatic heterocycles. The number of halogens is 1. The molecule has 6 nitrogen and oxygen atoms in total. The molecule has 0 N–H and O–H groups in total. The highest BCUT2D eigenvalue weighted by Gasteiger charge is 2.35. The van der Waals surface area contributed by atoms with Crippen LogP contribution in [0.3, 0.4) is 0 Å². The molecule has 0 spiro atoms. The SMILES string of the molecule is O=S(=O)(c1ccccc1F)N1CCC(Oc2cccnn2)C1. The monoisotopic (exact) mass is 323 g/mol. The van der Waals surface area contributed by atoms with E-state index in [1.807, 2.05) is 0 Å². The van der Waals surface area contributed by atoms with Gasteiger partial charge in [0.25, 0.3) is 0 Å². The second kappa shape index (κ2) is 5.98. The van der Waals surface area contributed by atoms with E-state index in [2.05, 4.69) is 10.2 Å². The van der Waals surface area contributed by atoms with Crippen LogP contribution in [0.25, 0.3) is 0 Å². The first kappa shape index (κ1) is 14.9. The van der Waals surface area contributed by atoms with Crippen molar-refractivity contribution < 1.29 is 17.5 Å². The Morgan fingerprint density at radius 1 is 1.23 bits per heavy atom. The van der Waals surface area contributed by atoms with Crippen molar-refractivity contribution in [2.75, 3.05) is 13.1 Å². The molecule has 1 fully saturated rings. The molecule has 3 rings (SSSR count). The van der Waals surface area contributed by atoms with E-state index in [1.54, 1.807) is 12.1 Å². The zero-order valence-electron chi connectivity index (χ0n) is 11.6. The quantitative estimate of drug-likeness (QED) is 0.852. The van der Waals surface area contributed by atoms with Gasteiger partial charge >= 0.3 is 0 Å². The van der Waals surface area contributed by atoms with Gasteiger partial charge in [-0.3, -0.25) is 0 Å². The molecule has 22 heavy (non-hydrogen) atoms. The van der Waals surface area contributed by atoms with Crippen LogP contribution in [0, 0.1) is 5.82 Å². The number of benzene rings is 1. The van der Waals surface area contributed by atoms with E-state index in [-0.39, 0.29) is 24.1 Å². The van der Waals surface area contributed by atoms with Crippen LogP contribution < -0.4 is 4.74 Å². The van der Waals surface area contributed by atoms with Crippen LogP contribution in [-0.2, 0) is 10.0 Å². The zero-order valence-corrected chi connectivity index (χ0v) is 12.4. The minimum Gasteiger partial charge on any atom is -0.472 e. The Kier molecular flexibility index (Phi) is 4.04. The Morgan fingerprint density at radius 2 is 2.05 bits per heavy atom. The fraction of sp³-hybridized carbons (Fsp3) is 0.286. The molecule has 116 valence electrons. The Balaban J connectivity index is 1.74. The molecular weight excluding hydrogens is 309 g/mol. The summed E-state index contributed by atoms with van der Waals surface area (Å²) in [6, 6.07) is 8.70. The third kappa shape index (κ3) is 2.93. The number of hydrogen-bond acceptors (Lipinski definition) is 5. The van der Waals surface area contributed by atoms with Gasteiger partial charge in [-0.15, -0.1) is 5.10 Å². The van der Waals surface area contributed by atoms with Gasteiger partial charge in [-0.2, -0.15) is 9.40 Å². The van der Waals surface area contributed by atoms with E-state index >= 15 is 0 Å². The average Bonchev–Trinajstić information content (AvgIpc) is 2.98. The van der Waals surface area contributed by atoms with Gasteiger partial charge in [0.05, 0.1) is 6.54 Å². The summed E-state index contributed by atoms with van der Waals surface area (Å²) in [6.45, 7) is 0.439. The van der Waals surface area contributed by atoms with Gasteiger partial charge in [0.1, 0.15) is 16.8 Å². The minimum atomic E-state index is -3.85. The molecule has 2 heterocycles. The Hall–Kier alpha value is -2.06. The summed E-state index contributed by atoms with van der Waals surface area (Å²) < 4.78 is 45.5. The molecule has 1 unspecified atom stereocenters. The third-order valence-corrected chi connectivity index (χ3v) is 5.30. The molecule has 0 radical (unpaired) electrons. The Bertz CT molecular complexity index is 755. The van der Waals surface area contributed by atoms with E-state index in [1.165, 1.54) is 28.7 Å². The summed E-state index contributed by atoms with van der Waals surface area (Å²) in [5.41, 5.74) is 0. The van der Waals surface area contributed by atoms with Crippen LogP contribution in [-0.4, -0.2) is 42.1 Å². The average molecular weight is 323 g/mol. The predicted octanol–water partition coefficient (Wildman–Crippen LogP) is 1.46. The maximum absolute atomic E-state index is 13.7. The summed E-state index contributed by atoms with van der Waals surface area (Å²) in [5, 5.41) is 7.50. The lowest BCUT2D eigenvalue weighted by atomic mass is 10.3. The lowest BCUT2D eigenvalue weighted by molar-refractivity contribution is 0.204. The molecule has 0 amide bonds. The van der Waals surface area contributed by atoms with Crippen LogP contribution in [0.15, 0.2) is 47.5 Å². The summed E-state index contributed by atoms with van der Waals surface area (Å²) in [6.07, 6.45) is 1.72. The van der Waals surface area contributed by atoms with E-state index in [4.69, 9.17) is 4.74 Å². The van der Waals surface area contributed by atoms with Crippen molar-refractivity contribution >= 4 is 10.0 Å². The van der Waals surface area contributed by atoms with Crippen molar-refractivity contribution in [1.29, 1.82) is 0 Å². The first-order chi connectivity index (χ1) is 10.6. The Labute approximate surface area is 127 Å². The smallest absolute Gasteiger partial charge is 0.246 e. The normalized spacial score (nSPS) is 19.2. The van der Waals surface area contributed by atoms with Crippen LogP contribution in [0.1, 0.15) is 6.42 Å². The highest BCUT2D eigenvalue weighted by Crippen LogP contribution is 2.24. The van der Waals surface area contributed by atoms with E-state index < -0.39 is 15.8 Å². The molecule has 1 aromatic heterocycles. The van der Waals surface area contributed by atoms with Crippen LogP contribution >= 0.6 is 0 Å². The second-order valence-electron chi connectivity index (χ2n) is 4.88. The molecule has 0 aliphatic carbocycles. The maximum Gasteiger partial charge on any atom is 0.246 e. The van der Waals surface area contributed by atoms with Crippen molar-refractivity contribution in [3.05, 3.63) is 48.4 Å². The maximum atomic E-state index is 13.7. The molecule has 0 saturated carbocycles. The lowest BCUT2D eigenvalue weighted by Crippen LogP contribution is -2.31. The predicted molar refractivity (Wildman–Crippen MR) is 76.2 cm³/mol. The molecule has 0 bridgehead atoms. The summed E-state index contributed by atoms with van der Waals surface area (Å²) in [5.74, 6) is -0.404. The summed E-state index contributed by atoms with van der Waals surface area (Å²) >= 11 is 0. The van der Waals surface area contributed by atoms with Crippen molar-refractivity contribution in [2.45, 2.75) is 17.4 Å². The number of sulfonamides is 1. The van der Waals surface area contributed by atoms with Crippen molar-refractivity contribution in [3.63, 3.8) is 0 Å². The summed E-state index contributed by atoms with van der Waals surface area (Å²) in [7, 11) is -3.85. The minimum absolute atomic E-state index is 0.160. The van der Waals surface area contributed by atoms with E-state index in [0.29, 0.717) is 12.3 Å². The number of hydrogen-bond donors (Lipinski definition) is 0. The van der Waals surface area contributed by atoms with Gasteiger partial charge in [-0.25, -0.2) is 12.8 Å². The second-order valence-corrected chi connectivity index (χ2v) is 6.79. The standard InChI is InChI=1S/C14H14FN3O3S/c15-12-4-1-2-5-13(12)22(19,20)18-9-7-11(10-18)21-14-6-3-8-16-17-14/h1-6,8,11H,7,9-10H2. The van der Waals surface area contributed by atoms with Crippen molar-refractivity contribution in [1.82, 2.24) is 14.5 Å². The first-order valence-electron chi connectivity index (χ1n) is 6.76. The number of ether oxygens (including phenoxy) is 1. The van der Waals surface area contributed by atoms with Gasteiger partial charge in [0.2, 0.25) is 15.9 Å². The molecule has 1 aromatic carbocycles. The fourth-order valence-corrected chi connectivity index (χ4v) is 3.88. The molecule has 8 heteroatoms. The fourth-order valence-electron chi connectivity index (χ4n) is 2.33. The third-order valence-electron chi connectivity index (χ3n) is 3.40. The van der Waals surface area contributed by atoms with Crippen molar-refractivity contribution in [3.8, 4) is 5.88 Å². The molecular formula is C14H14FN3O3S. The van der Waals surface area contributed by atoms with Gasteiger partial charge in [-0.1, -0.05) is 12.1 Å². The highest BCUT2D eigenvalue weighted by molar-refractivity contribution is 7.89.